The number of benzene rings is 9. The molecule has 0 fully saturated rings. The van der Waals surface area contributed by atoms with Gasteiger partial charge >= 0.3 is 0 Å². The predicted octanol–water partition coefficient (Wildman–Crippen LogP) is 13.7. The van der Waals surface area contributed by atoms with Gasteiger partial charge in [-0.25, -0.2) is 9.97 Å². The molecule has 9 aromatic carbocycles. The van der Waals surface area contributed by atoms with E-state index < -0.39 is 0 Å². The standard InChI is InChI=1S/C52H33N3/c1-4-16-34(17-5-1)37-28-29-43-42-26-14-15-27-49(42)55(50(43)30-37)51-32-45-41-25-13-11-23-39(41)38-22-10-12-24-40(38)44(45)31-46(51)48-33-47(35-18-6-2-7-19-35)53-52(54-48)36-20-8-3-9-21-36/h1-33H. The van der Waals surface area contributed by atoms with Crippen molar-refractivity contribution in [2.45, 2.75) is 0 Å². The fourth-order valence-corrected chi connectivity index (χ4v) is 8.43. The van der Waals surface area contributed by atoms with Crippen molar-refractivity contribution in [1.82, 2.24) is 14.5 Å². The van der Waals surface area contributed by atoms with Gasteiger partial charge in [0.2, 0.25) is 0 Å². The molecule has 256 valence electrons. The number of nitrogens with zero attached hydrogens (tertiary/aromatic N) is 3. The van der Waals surface area contributed by atoms with Crippen LogP contribution in [0.1, 0.15) is 0 Å². The highest BCUT2D eigenvalue weighted by atomic mass is 15.0. The molecule has 0 saturated carbocycles. The van der Waals surface area contributed by atoms with E-state index in [0.29, 0.717) is 5.82 Å². The highest BCUT2D eigenvalue weighted by Gasteiger charge is 2.21. The van der Waals surface area contributed by atoms with E-state index in [4.69, 9.17) is 9.97 Å². The van der Waals surface area contributed by atoms with E-state index in [0.717, 1.165) is 44.8 Å². The Labute approximate surface area is 318 Å². The smallest absolute Gasteiger partial charge is 0.160 e. The number of fused-ring (bicyclic) bond motifs is 9. The van der Waals surface area contributed by atoms with Crippen molar-refractivity contribution in [2.75, 3.05) is 0 Å². The van der Waals surface area contributed by atoms with Crippen LogP contribution in [0.5, 0.6) is 0 Å². The fourth-order valence-electron chi connectivity index (χ4n) is 8.43. The molecule has 11 rings (SSSR count). The van der Waals surface area contributed by atoms with Crippen molar-refractivity contribution in [3.63, 3.8) is 0 Å². The van der Waals surface area contributed by atoms with E-state index >= 15 is 0 Å². The summed E-state index contributed by atoms with van der Waals surface area (Å²) in [6.07, 6.45) is 0. The van der Waals surface area contributed by atoms with Crippen molar-refractivity contribution < 1.29 is 0 Å². The van der Waals surface area contributed by atoms with Crippen molar-refractivity contribution >= 4 is 54.1 Å². The zero-order valence-corrected chi connectivity index (χ0v) is 29.9. The SMILES string of the molecule is c1ccc(-c2ccc3c4ccccc4n(-c4cc5c6ccccc6c6ccccc6c5cc4-c4cc(-c5ccccc5)nc(-c5ccccc5)n4)c3c2)cc1. The number of hydrogen-bond acceptors (Lipinski definition) is 2. The van der Waals surface area contributed by atoms with Gasteiger partial charge in [-0.15, -0.1) is 0 Å². The van der Waals surface area contributed by atoms with Gasteiger partial charge in [-0.05, 0) is 73.8 Å². The van der Waals surface area contributed by atoms with Crippen LogP contribution >= 0.6 is 0 Å². The largest absolute Gasteiger partial charge is 0.309 e. The molecule has 3 nitrogen and oxygen atoms in total. The molecule has 0 spiro atoms. The normalized spacial score (nSPS) is 11.6. The van der Waals surface area contributed by atoms with E-state index in [1.807, 2.05) is 12.1 Å². The number of rotatable bonds is 5. The summed E-state index contributed by atoms with van der Waals surface area (Å²) in [6.45, 7) is 0. The van der Waals surface area contributed by atoms with Crippen LogP contribution in [0.4, 0.5) is 0 Å². The molecule has 55 heavy (non-hydrogen) atoms. The fraction of sp³-hybridized carbons (Fsp3) is 0. The molecular formula is C52H33N3. The maximum Gasteiger partial charge on any atom is 0.160 e. The summed E-state index contributed by atoms with van der Waals surface area (Å²) in [7, 11) is 0. The van der Waals surface area contributed by atoms with Crippen LogP contribution in [0.25, 0.3) is 105 Å². The third kappa shape index (κ3) is 5.13. The van der Waals surface area contributed by atoms with Crippen molar-refractivity contribution in [3.8, 4) is 50.7 Å². The van der Waals surface area contributed by atoms with E-state index in [-0.39, 0.29) is 0 Å². The molecule has 2 aromatic heterocycles. The lowest BCUT2D eigenvalue weighted by molar-refractivity contribution is 1.15. The minimum Gasteiger partial charge on any atom is -0.309 e. The van der Waals surface area contributed by atoms with Gasteiger partial charge in [0.1, 0.15) is 0 Å². The average Bonchev–Trinajstić information content (AvgIpc) is 3.60. The molecule has 0 unspecified atom stereocenters. The zero-order valence-electron chi connectivity index (χ0n) is 29.9. The second-order valence-corrected chi connectivity index (χ2v) is 14.2. The Morgan fingerprint density at radius 1 is 0.291 bits per heavy atom. The molecule has 0 amide bonds. The molecule has 2 heterocycles. The van der Waals surface area contributed by atoms with Gasteiger partial charge in [-0.1, -0.05) is 170 Å². The van der Waals surface area contributed by atoms with Crippen LogP contribution in [0.15, 0.2) is 200 Å². The summed E-state index contributed by atoms with van der Waals surface area (Å²) in [6, 6.07) is 71.6. The maximum atomic E-state index is 5.42. The Kier molecular flexibility index (Phi) is 7.17. The Morgan fingerprint density at radius 3 is 1.44 bits per heavy atom. The first-order valence-corrected chi connectivity index (χ1v) is 18.7. The van der Waals surface area contributed by atoms with Crippen LogP contribution < -0.4 is 0 Å². The highest BCUT2D eigenvalue weighted by molar-refractivity contribution is 6.26. The van der Waals surface area contributed by atoms with E-state index in [1.54, 1.807) is 0 Å². The first kappa shape index (κ1) is 31.2. The molecule has 0 radical (unpaired) electrons. The third-order valence-corrected chi connectivity index (χ3v) is 11.0. The van der Waals surface area contributed by atoms with Gasteiger partial charge in [0, 0.05) is 27.5 Å². The summed E-state index contributed by atoms with van der Waals surface area (Å²) >= 11 is 0. The summed E-state index contributed by atoms with van der Waals surface area (Å²) in [4.78, 5) is 10.6. The van der Waals surface area contributed by atoms with Gasteiger partial charge in [-0.3, -0.25) is 0 Å². The second-order valence-electron chi connectivity index (χ2n) is 14.2. The van der Waals surface area contributed by atoms with Crippen molar-refractivity contribution in [1.29, 1.82) is 0 Å². The number of para-hydroxylation sites is 1. The minimum atomic E-state index is 0.694. The Balaban J connectivity index is 1.31. The quantitative estimate of drug-likeness (QED) is 0.167. The molecule has 0 saturated heterocycles. The molecule has 0 aliphatic carbocycles. The molecule has 3 heteroatoms. The summed E-state index contributed by atoms with van der Waals surface area (Å²) in [5, 5.41) is 9.76. The Bertz CT molecular complexity index is 3180. The maximum absolute atomic E-state index is 5.42. The second kappa shape index (κ2) is 12.6. The minimum absolute atomic E-state index is 0.694. The Morgan fingerprint density at radius 2 is 0.782 bits per heavy atom. The summed E-state index contributed by atoms with van der Waals surface area (Å²) in [5.41, 5.74) is 10.5. The van der Waals surface area contributed by atoms with Gasteiger partial charge in [0.25, 0.3) is 0 Å². The third-order valence-electron chi connectivity index (χ3n) is 11.0. The monoisotopic (exact) mass is 699 g/mol. The van der Waals surface area contributed by atoms with E-state index in [1.165, 1.54) is 54.2 Å². The lowest BCUT2D eigenvalue weighted by Gasteiger charge is -2.19. The molecule has 0 bridgehead atoms. The lowest BCUT2D eigenvalue weighted by atomic mass is 9.91. The van der Waals surface area contributed by atoms with Gasteiger partial charge in [-0.2, -0.15) is 0 Å². The van der Waals surface area contributed by atoms with Crippen molar-refractivity contribution in [2.24, 2.45) is 0 Å². The molecule has 0 atom stereocenters. The average molecular weight is 700 g/mol. The molecule has 11 aromatic rings. The number of aromatic nitrogens is 3. The molecule has 0 aliphatic heterocycles. The summed E-state index contributed by atoms with van der Waals surface area (Å²) < 4.78 is 2.46. The van der Waals surface area contributed by atoms with Crippen molar-refractivity contribution in [3.05, 3.63) is 200 Å². The van der Waals surface area contributed by atoms with Crippen LogP contribution in [0.2, 0.25) is 0 Å². The predicted molar refractivity (Wildman–Crippen MR) is 231 cm³/mol. The first-order chi connectivity index (χ1) is 27.3. The van der Waals surface area contributed by atoms with Gasteiger partial charge < -0.3 is 4.57 Å². The van der Waals surface area contributed by atoms with Crippen LogP contribution in [-0.2, 0) is 0 Å². The van der Waals surface area contributed by atoms with Crippen LogP contribution in [0, 0.1) is 0 Å². The molecule has 0 N–H and O–H groups in total. The van der Waals surface area contributed by atoms with E-state index in [2.05, 4.69) is 193 Å². The van der Waals surface area contributed by atoms with Gasteiger partial charge in [0.05, 0.1) is 28.1 Å². The topological polar surface area (TPSA) is 30.7 Å². The highest BCUT2D eigenvalue weighted by Crippen LogP contribution is 2.43. The Hall–Kier alpha value is -7.36. The molecule has 0 aliphatic rings. The van der Waals surface area contributed by atoms with E-state index in [9.17, 15) is 0 Å². The van der Waals surface area contributed by atoms with Gasteiger partial charge in [0.15, 0.2) is 5.82 Å². The van der Waals surface area contributed by atoms with Crippen LogP contribution in [-0.4, -0.2) is 14.5 Å². The first-order valence-electron chi connectivity index (χ1n) is 18.7. The number of hydrogen-bond donors (Lipinski definition) is 0. The lowest BCUT2D eigenvalue weighted by Crippen LogP contribution is -2.02. The summed E-state index contributed by atoms with van der Waals surface area (Å²) in [5.74, 6) is 0.694. The molecular weight excluding hydrogens is 667 g/mol. The van der Waals surface area contributed by atoms with Crippen LogP contribution in [0.3, 0.4) is 0 Å². The zero-order chi connectivity index (χ0) is 36.3.